The Labute approximate surface area is 102 Å². The molecule has 0 bridgehead atoms. The van der Waals surface area contributed by atoms with Crippen molar-refractivity contribution in [2.24, 2.45) is 5.73 Å². The molecule has 0 saturated heterocycles. The zero-order valence-corrected chi connectivity index (χ0v) is 10.1. The molecule has 3 N–H and O–H groups in total. The molecule has 3 rings (SSSR count). The summed E-state index contributed by atoms with van der Waals surface area (Å²) in [5, 5.41) is 3.62. The fraction of sp³-hybridized carbons (Fsp3) is 0.571. The summed E-state index contributed by atoms with van der Waals surface area (Å²) in [5.74, 6) is 1.06. The monoisotopic (exact) mass is 232 g/mol. The highest BCUT2D eigenvalue weighted by molar-refractivity contribution is 5.53. The average molecular weight is 232 g/mol. The van der Waals surface area contributed by atoms with Crippen LogP contribution in [0.25, 0.3) is 0 Å². The fourth-order valence-electron chi connectivity index (χ4n) is 2.78. The van der Waals surface area contributed by atoms with Gasteiger partial charge < -0.3 is 15.8 Å². The van der Waals surface area contributed by atoms with Gasteiger partial charge in [0, 0.05) is 24.2 Å². The zero-order valence-electron chi connectivity index (χ0n) is 10.1. The first kappa shape index (κ1) is 10.9. The van der Waals surface area contributed by atoms with Crippen LogP contribution in [0.2, 0.25) is 0 Å². The van der Waals surface area contributed by atoms with Crippen LogP contribution < -0.4 is 15.8 Å². The van der Waals surface area contributed by atoms with Gasteiger partial charge in [-0.3, -0.25) is 0 Å². The quantitative estimate of drug-likeness (QED) is 0.822. The van der Waals surface area contributed by atoms with Crippen LogP contribution in [-0.2, 0) is 6.42 Å². The Morgan fingerprint density at radius 3 is 2.82 bits per heavy atom. The smallest absolute Gasteiger partial charge is 0.122 e. The predicted octanol–water partition coefficient (Wildman–Crippen LogP) is 2.30. The van der Waals surface area contributed by atoms with Gasteiger partial charge in [0.1, 0.15) is 5.75 Å². The van der Waals surface area contributed by atoms with Gasteiger partial charge in [0.15, 0.2) is 0 Å². The Kier molecular flexibility index (Phi) is 2.93. The van der Waals surface area contributed by atoms with E-state index in [0.717, 1.165) is 31.6 Å². The van der Waals surface area contributed by atoms with Crippen molar-refractivity contribution in [3.05, 3.63) is 23.8 Å². The largest absolute Gasteiger partial charge is 0.493 e. The summed E-state index contributed by atoms with van der Waals surface area (Å²) >= 11 is 0. The van der Waals surface area contributed by atoms with E-state index in [1.165, 1.54) is 24.1 Å². The van der Waals surface area contributed by atoms with Gasteiger partial charge in [-0.05, 0) is 49.4 Å². The topological polar surface area (TPSA) is 47.3 Å². The third-order valence-corrected chi connectivity index (χ3v) is 3.83. The molecule has 1 fully saturated rings. The number of hydrogen-bond donors (Lipinski definition) is 2. The van der Waals surface area contributed by atoms with Crippen molar-refractivity contribution in [3.8, 4) is 5.75 Å². The van der Waals surface area contributed by atoms with E-state index in [1.807, 2.05) is 0 Å². The number of hydrogen-bond acceptors (Lipinski definition) is 3. The second kappa shape index (κ2) is 4.57. The van der Waals surface area contributed by atoms with E-state index < -0.39 is 0 Å². The van der Waals surface area contributed by atoms with Crippen LogP contribution in [0.4, 0.5) is 5.69 Å². The van der Waals surface area contributed by atoms with Gasteiger partial charge >= 0.3 is 0 Å². The highest BCUT2D eigenvalue weighted by atomic mass is 16.5. The Bertz CT molecular complexity index is 397. The number of nitrogens with one attached hydrogen (secondary N) is 1. The predicted molar refractivity (Wildman–Crippen MR) is 69.5 cm³/mol. The van der Waals surface area contributed by atoms with Crippen molar-refractivity contribution in [1.29, 1.82) is 0 Å². The van der Waals surface area contributed by atoms with Gasteiger partial charge in [-0.15, -0.1) is 0 Å². The second-order valence-corrected chi connectivity index (χ2v) is 5.18. The normalized spacial score (nSPS) is 27.4. The van der Waals surface area contributed by atoms with Gasteiger partial charge in [0.2, 0.25) is 0 Å². The standard InChI is InChI=1S/C14H20N2O/c15-11-1-3-12(4-2-11)16-13-5-6-14-10(9-13)7-8-17-14/h5-6,9,11-12,16H,1-4,7-8,15H2. The zero-order chi connectivity index (χ0) is 11.7. The highest BCUT2D eigenvalue weighted by Gasteiger charge is 2.19. The lowest BCUT2D eigenvalue weighted by Crippen LogP contribution is -2.32. The van der Waals surface area contributed by atoms with Gasteiger partial charge in [0.05, 0.1) is 6.61 Å². The Hall–Kier alpha value is -1.22. The molecule has 3 heteroatoms. The van der Waals surface area contributed by atoms with Crippen LogP contribution in [0.5, 0.6) is 5.75 Å². The molecule has 0 spiro atoms. The Morgan fingerprint density at radius 1 is 1.18 bits per heavy atom. The second-order valence-electron chi connectivity index (χ2n) is 5.18. The fourth-order valence-corrected chi connectivity index (χ4v) is 2.78. The summed E-state index contributed by atoms with van der Waals surface area (Å²) < 4.78 is 5.51. The van der Waals surface area contributed by atoms with Crippen LogP contribution >= 0.6 is 0 Å². The third-order valence-electron chi connectivity index (χ3n) is 3.83. The molecule has 1 aliphatic heterocycles. The summed E-state index contributed by atoms with van der Waals surface area (Å²) in [6, 6.07) is 7.45. The van der Waals surface area contributed by atoms with E-state index in [1.54, 1.807) is 0 Å². The van der Waals surface area contributed by atoms with Crippen molar-refractivity contribution in [2.75, 3.05) is 11.9 Å². The molecule has 0 unspecified atom stereocenters. The number of fused-ring (bicyclic) bond motifs is 1. The number of anilines is 1. The van der Waals surface area contributed by atoms with Crippen molar-refractivity contribution < 1.29 is 4.74 Å². The molecule has 1 heterocycles. The van der Waals surface area contributed by atoms with Gasteiger partial charge in [-0.25, -0.2) is 0 Å². The van der Waals surface area contributed by atoms with E-state index >= 15 is 0 Å². The highest BCUT2D eigenvalue weighted by Crippen LogP contribution is 2.29. The lowest BCUT2D eigenvalue weighted by molar-refractivity contribution is 0.357. The molecule has 0 atom stereocenters. The van der Waals surface area contributed by atoms with Crippen molar-refractivity contribution in [3.63, 3.8) is 0 Å². The molecule has 0 radical (unpaired) electrons. The maximum absolute atomic E-state index is 5.92. The number of ether oxygens (including phenoxy) is 1. The van der Waals surface area contributed by atoms with Crippen LogP contribution in [-0.4, -0.2) is 18.7 Å². The van der Waals surface area contributed by atoms with E-state index in [4.69, 9.17) is 10.5 Å². The first-order valence-corrected chi connectivity index (χ1v) is 6.59. The molecular formula is C14H20N2O. The lowest BCUT2D eigenvalue weighted by Gasteiger charge is -2.27. The molecule has 1 aromatic rings. The number of nitrogens with two attached hydrogens (primary N) is 1. The SMILES string of the molecule is NC1CCC(Nc2ccc3c(c2)CCO3)CC1. The summed E-state index contributed by atoms with van der Waals surface area (Å²) in [7, 11) is 0. The van der Waals surface area contributed by atoms with Crippen molar-refractivity contribution >= 4 is 5.69 Å². The van der Waals surface area contributed by atoms with E-state index in [-0.39, 0.29) is 0 Å². The number of benzene rings is 1. The molecule has 1 aromatic carbocycles. The average Bonchev–Trinajstić information content (AvgIpc) is 2.79. The molecule has 92 valence electrons. The van der Waals surface area contributed by atoms with Gasteiger partial charge in [0.25, 0.3) is 0 Å². The van der Waals surface area contributed by atoms with E-state index in [2.05, 4.69) is 23.5 Å². The molecule has 2 aliphatic rings. The van der Waals surface area contributed by atoms with Crippen LogP contribution in [0, 0.1) is 0 Å². The molecule has 3 nitrogen and oxygen atoms in total. The van der Waals surface area contributed by atoms with E-state index in [9.17, 15) is 0 Å². The Morgan fingerprint density at radius 2 is 2.00 bits per heavy atom. The van der Waals surface area contributed by atoms with Crippen LogP contribution in [0.3, 0.4) is 0 Å². The Balaban J connectivity index is 1.65. The molecule has 1 aliphatic carbocycles. The van der Waals surface area contributed by atoms with Crippen LogP contribution in [0.1, 0.15) is 31.2 Å². The maximum atomic E-state index is 5.92. The summed E-state index contributed by atoms with van der Waals surface area (Å²) in [4.78, 5) is 0. The number of rotatable bonds is 2. The van der Waals surface area contributed by atoms with Gasteiger partial charge in [-0.2, -0.15) is 0 Å². The third kappa shape index (κ3) is 2.39. The van der Waals surface area contributed by atoms with Crippen LogP contribution in [0.15, 0.2) is 18.2 Å². The van der Waals surface area contributed by atoms with Gasteiger partial charge in [-0.1, -0.05) is 0 Å². The summed E-state index contributed by atoms with van der Waals surface area (Å²) in [6.45, 7) is 0.830. The van der Waals surface area contributed by atoms with Crippen molar-refractivity contribution in [1.82, 2.24) is 0 Å². The van der Waals surface area contributed by atoms with Crippen molar-refractivity contribution in [2.45, 2.75) is 44.2 Å². The van der Waals surface area contributed by atoms with E-state index in [0.29, 0.717) is 12.1 Å². The lowest BCUT2D eigenvalue weighted by atomic mass is 9.91. The first-order chi connectivity index (χ1) is 8.31. The summed E-state index contributed by atoms with van der Waals surface area (Å²) in [6.07, 6.45) is 5.71. The molecule has 0 aromatic heterocycles. The molecule has 0 amide bonds. The summed E-state index contributed by atoms with van der Waals surface area (Å²) in [5.41, 5.74) is 8.49. The maximum Gasteiger partial charge on any atom is 0.122 e. The minimum atomic E-state index is 0.418. The minimum absolute atomic E-state index is 0.418. The molecular weight excluding hydrogens is 212 g/mol. The minimum Gasteiger partial charge on any atom is -0.493 e. The first-order valence-electron chi connectivity index (χ1n) is 6.59. The molecule has 1 saturated carbocycles. The molecule has 17 heavy (non-hydrogen) atoms.